The minimum Gasteiger partial charge on any atom is -0.497 e. The zero-order valence-electron chi connectivity index (χ0n) is 15.6. The molecule has 1 aromatic heterocycles. The van der Waals surface area contributed by atoms with Crippen molar-refractivity contribution in [1.29, 1.82) is 0 Å². The van der Waals surface area contributed by atoms with E-state index in [0.29, 0.717) is 17.0 Å². The Morgan fingerprint density at radius 3 is 2.39 bits per heavy atom. The third-order valence-corrected chi connectivity index (χ3v) is 4.88. The molecule has 5 nitrogen and oxygen atoms in total. The number of hydrogen-bond acceptors (Lipinski definition) is 4. The van der Waals surface area contributed by atoms with E-state index in [1.165, 1.54) is 11.3 Å². The van der Waals surface area contributed by atoms with Crippen molar-refractivity contribution in [3.63, 3.8) is 0 Å². The predicted molar refractivity (Wildman–Crippen MR) is 113 cm³/mol. The fraction of sp³-hybridized carbons (Fsp3) is 0.0909. The summed E-state index contributed by atoms with van der Waals surface area (Å²) in [4.78, 5) is 26.4. The van der Waals surface area contributed by atoms with E-state index in [4.69, 9.17) is 4.74 Å². The van der Waals surface area contributed by atoms with Gasteiger partial charge in [0.1, 0.15) is 11.4 Å². The number of rotatable bonds is 6. The molecule has 2 N–H and O–H groups in total. The molecule has 0 radical (unpaired) electrons. The van der Waals surface area contributed by atoms with Gasteiger partial charge in [0.15, 0.2) is 0 Å². The Morgan fingerprint density at radius 1 is 1.00 bits per heavy atom. The van der Waals surface area contributed by atoms with Crippen LogP contribution in [-0.2, 0) is 4.79 Å². The maximum absolute atomic E-state index is 12.8. The van der Waals surface area contributed by atoms with Crippen molar-refractivity contribution in [2.24, 2.45) is 0 Å². The first-order valence-corrected chi connectivity index (χ1v) is 9.52. The monoisotopic (exact) mass is 392 g/mol. The second-order valence-electron chi connectivity index (χ2n) is 6.03. The zero-order valence-corrected chi connectivity index (χ0v) is 16.4. The molecule has 28 heavy (non-hydrogen) atoms. The van der Waals surface area contributed by atoms with Crippen LogP contribution in [0.1, 0.15) is 20.8 Å². The number of amides is 2. The van der Waals surface area contributed by atoms with E-state index in [1.54, 1.807) is 49.6 Å². The molecule has 0 unspecified atom stereocenters. The molecule has 142 valence electrons. The van der Waals surface area contributed by atoms with Crippen LogP contribution in [0.25, 0.3) is 6.08 Å². The summed E-state index contributed by atoms with van der Waals surface area (Å²) in [5, 5.41) is 7.46. The molecule has 0 aliphatic carbocycles. The maximum Gasteiger partial charge on any atom is 0.272 e. The normalized spacial score (nSPS) is 11.0. The van der Waals surface area contributed by atoms with Crippen LogP contribution < -0.4 is 15.4 Å². The molecule has 0 aliphatic rings. The van der Waals surface area contributed by atoms with Gasteiger partial charge in [-0.15, -0.1) is 11.3 Å². The molecule has 1 heterocycles. The summed E-state index contributed by atoms with van der Waals surface area (Å²) >= 11 is 1.48. The van der Waals surface area contributed by atoms with Crippen molar-refractivity contribution in [3.05, 3.63) is 87.7 Å². The minimum absolute atomic E-state index is 0.173. The van der Waals surface area contributed by atoms with Crippen molar-refractivity contribution in [1.82, 2.24) is 5.32 Å². The van der Waals surface area contributed by atoms with Crippen LogP contribution in [0.2, 0.25) is 0 Å². The van der Waals surface area contributed by atoms with Crippen molar-refractivity contribution in [2.45, 2.75) is 6.92 Å². The first-order chi connectivity index (χ1) is 13.6. The molecule has 2 amide bonds. The number of carbonyl (C=O) groups is 2. The first-order valence-electron chi connectivity index (χ1n) is 8.64. The molecule has 0 saturated heterocycles. The number of methoxy groups -OCH3 is 1. The number of thiophene rings is 1. The van der Waals surface area contributed by atoms with Crippen molar-refractivity contribution < 1.29 is 14.3 Å². The molecular formula is C22H20N2O3S. The summed E-state index contributed by atoms with van der Waals surface area (Å²) in [6.45, 7) is 1.86. The third-order valence-electron chi connectivity index (χ3n) is 4.06. The zero-order chi connectivity index (χ0) is 19.9. The molecule has 0 fully saturated rings. The minimum atomic E-state index is -0.402. The average Bonchev–Trinajstić information content (AvgIpc) is 3.21. The quantitative estimate of drug-likeness (QED) is 0.608. The standard InChI is InChI=1S/C22H20N2O3S/c1-15-6-3-4-8-19(15)21(25)24-20(14-18-7-5-13-28-18)22(26)23-16-9-11-17(27-2)12-10-16/h3-14H,1-2H3,(H,23,26)(H,24,25)/b20-14-. The van der Waals surface area contributed by atoms with Gasteiger partial charge >= 0.3 is 0 Å². The van der Waals surface area contributed by atoms with Crippen molar-refractivity contribution in [2.75, 3.05) is 12.4 Å². The lowest BCUT2D eigenvalue weighted by Gasteiger charge is -2.12. The number of nitrogens with one attached hydrogen (secondary N) is 2. The van der Waals surface area contributed by atoms with Gasteiger partial charge in [-0.05, 0) is 60.3 Å². The molecule has 0 saturated carbocycles. The van der Waals surface area contributed by atoms with Gasteiger partial charge in [0.2, 0.25) is 0 Å². The van der Waals surface area contributed by atoms with E-state index < -0.39 is 5.91 Å². The Bertz CT molecular complexity index is 993. The molecule has 6 heteroatoms. The number of anilines is 1. The molecule has 0 spiro atoms. The Kier molecular flexibility index (Phi) is 6.24. The van der Waals surface area contributed by atoms with Gasteiger partial charge in [-0.2, -0.15) is 0 Å². The largest absolute Gasteiger partial charge is 0.497 e. The van der Waals surface area contributed by atoms with Crippen molar-refractivity contribution >= 4 is 34.9 Å². The average molecular weight is 392 g/mol. The number of ether oxygens (including phenoxy) is 1. The highest BCUT2D eigenvalue weighted by molar-refractivity contribution is 7.10. The number of benzene rings is 2. The van der Waals surface area contributed by atoms with Crippen LogP contribution in [0.5, 0.6) is 5.75 Å². The molecule has 2 aromatic carbocycles. The predicted octanol–water partition coefficient (Wildman–Crippen LogP) is 4.47. The Labute approximate surface area is 167 Å². The molecule has 3 aromatic rings. The number of carbonyl (C=O) groups excluding carboxylic acids is 2. The summed E-state index contributed by atoms with van der Waals surface area (Å²) in [5.74, 6) is -0.0357. The Balaban J connectivity index is 1.83. The lowest BCUT2D eigenvalue weighted by molar-refractivity contribution is -0.113. The summed E-state index contributed by atoms with van der Waals surface area (Å²) in [5.41, 5.74) is 2.14. The second kappa shape index (κ2) is 9.01. The van der Waals surface area contributed by atoms with Gasteiger partial charge in [-0.25, -0.2) is 0 Å². The highest BCUT2D eigenvalue weighted by atomic mass is 32.1. The van der Waals surface area contributed by atoms with E-state index in [-0.39, 0.29) is 11.6 Å². The van der Waals surface area contributed by atoms with E-state index in [0.717, 1.165) is 10.4 Å². The smallest absolute Gasteiger partial charge is 0.272 e. The number of aryl methyl sites for hydroxylation is 1. The summed E-state index contributed by atoms with van der Waals surface area (Å²) in [6.07, 6.45) is 1.67. The summed E-state index contributed by atoms with van der Waals surface area (Å²) in [7, 11) is 1.58. The fourth-order valence-corrected chi connectivity index (χ4v) is 3.22. The van der Waals surface area contributed by atoms with Crippen LogP contribution >= 0.6 is 11.3 Å². The van der Waals surface area contributed by atoms with E-state index in [2.05, 4.69) is 10.6 Å². The van der Waals surface area contributed by atoms with Crippen LogP contribution in [0.4, 0.5) is 5.69 Å². The fourth-order valence-electron chi connectivity index (χ4n) is 2.56. The van der Waals surface area contributed by atoms with E-state index >= 15 is 0 Å². The van der Waals surface area contributed by atoms with Gasteiger partial charge in [-0.1, -0.05) is 24.3 Å². The van der Waals surface area contributed by atoms with Crippen LogP contribution in [0.3, 0.4) is 0 Å². The van der Waals surface area contributed by atoms with Crippen LogP contribution in [0, 0.1) is 6.92 Å². The third kappa shape index (κ3) is 4.86. The Hall–Kier alpha value is -3.38. The number of hydrogen-bond donors (Lipinski definition) is 2. The Morgan fingerprint density at radius 2 is 1.75 bits per heavy atom. The molecular weight excluding hydrogens is 372 g/mol. The summed E-state index contributed by atoms with van der Waals surface area (Å²) < 4.78 is 5.12. The lowest BCUT2D eigenvalue weighted by Crippen LogP contribution is -2.31. The van der Waals surface area contributed by atoms with Crippen molar-refractivity contribution in [3.8, 4) is 5.75 Å². The van der Waals surface area contributed by atoms with Gasteiger partial charge < -0.3 is 15.4 Å². The molecule has 3 rings (SSSR count). The van der Waals surface area contributed by atoms with Gasteiger partial charge in [-0.3, -0.25) is 9.59 Å². The highest BCUT2D eigenvalue weighted by Gasteiger charge is 2.16. The van der Waals surface area contributed by atoms with Crippen LogP contribution in [0.15, 0.2) is 71.7 Å². The topological polar surface area (TPSA) is 67.4 Å². The van der Waals surface area contributed by atoms with E-state index in [9.17, 15) is 9.59 Å². The second-order valence-corrected chi connectivity index (χ2v) is 7.00. The van der Waals surface area contributed by atoms with Gasteiger partial charge in [0.25, 0.3) is 11.8 Å². The molecule has 0 atom stereocenters. The van der Waals surface area contributed by atoms with Gasteiger partial charge in [0.05, 0.1) is 7.11 Å². The SMILES string of the molecule is COc1ccc(NC(=O)/C(=C/c2cccs2)NC(=O)c2ccccc2C)cc1. The molecule has 0 bridgehead atoms. The highest BCUT2D eigenvalue weighted by Crippen LogP contribution is 2.18. The first kappa shape index (κ1) is 19.4. The van der Waals surface area contributed by atoms with Gasteiger partial charge in [0, 0.05) is 16.1 Å². The lowest BCUT2D eigenvalue weighted by atomic mass is 10.1. The summed E-state index contributed by atoms with van der Waals surface area (Å²) in [6, 6.07) is 18.0. The molecule has 0 aliphatic heterocycles. The van der Waals surface area contributed by atoms with Crippen LogP contribution in [-0.4, -0.2) is 18.9 Å². The maximum atomic E-state index is 12.8. The van der Waals surface area contributed by atoms with E-state index in [1.807, 2.05) is 36.6 Å².